The van der Waals surface area contributed by atoms with E-state index in [1.165, 1.54) is 16.7 Å². The first-order valence-corrected chi connectivity index (χ1v) is 7.90. The highest BCUT2D eigenvalue weighted by Gasteiger charge is 2.08. The minimum atomic E-state index is -0.394. The van der Waals surface area contributed by atoms with Gasteiger partial charge in [0.15, 0.2) is 0 Å². The molecule has 2 nitrogen and oxygen atoms in total. The number of hydrogen-bond acceptors (Lipinski definition) is 1. The fraction of sp³-hybridized carbons (Fsp3) is 0.190. The Labute approximate surface area is 136 Å². The molecule has 0 saturated heterocycles. The molecule has 0 fully saturated rings. The molecule has 116 valence electrons. The highest BCUT2D eigenvalue weighted by molar-refractivity contribution is 5.98. The number of aryl methyl sites for hydroxylation is 1. The molecule has 3 aromatic carbocycles. The van der Waals surface area contributed by atoms with Crippen molar-refractivity contribution in [2.45, 2.75) is 26.7 Å². The van der Waals surface area contributed by atoms with Crippen LogP contribution in [-0.2, 0) is 0 Å². The average Bonchev–Trinajstić information content (AvgIpc) is 2.54. The summed E-state index contributed by atoms with van der Waals surface area (Å²) >= 11 is 0. The zero-order valence-corrected chi connectivity index (χ0v) is 13.8. The number of nitrogens with two attached hydrogens (primary N) is 1. The predicted molar refractivity (Wildman–Crippen MR) is 96.7 cm³/mol. The molecule has 3 rings (SSSR count). The van der Waals surface area contributed by atoms with Crippen LogP contribution in [0.25, 0.3) is 21.9 Å². The van der Waals surface area contributed by atoms with Gasteiger partial charge in [-0.15, -0.1) is 0 Å². The molecular formula is C21H21NO. The number of primary amides is 1. The molecule has 0 atom stereocenters. The second-order valence-electron chi connectivity index (χ2n) is 6.37. The number of hydrogen-bond donors (Lipinski definition) is 1. The fourth-order valence-electron chi connectivity index (χ4n) is 3.02. The van der Waals surface area contributed by atoms with Gasteiger partial charge in [0.1, 0.15) is 0 Å². The van der Waals surface area contributed by atoms with Gasteiger partial charge in [0.25, 0.3) is 0 Å². The summed E-state index contributed by atoms with van der Waals surface area (Å²) in [4.78, 5) is 11.4. The molecule has 0 unspecified atom stereocenters. The van der Waals surface area contributed by atoms with E-state index in [0.717, 1.165) is 16.3 Å². The Balaban J connectivity index is 2.13. The lowest BCUT2D eigenvalue weighted by Gasteiger charge is -2.13. The molecule has 0 radical (unpaired) electrons. The van der Waals surface area contributed by atoms with Gasteiger partial charge in [-0.3, -0.25) is 4.79 Å². The van der Waals surface area contributed by atoms with Crippen LogP contribution in [0.3, 0.4) is 0 Å². The zero-order valence-electron chi connectivity index (χ0n) is 13.8. The van der Waals surface area contributed by atoms with Crippen LogP contribution in [0, 0.1) is 6.92 Å². The maximum Gasteiger partial charge on any atom is 0.248 e. The Bertz CT molecular complexity index is 893. The van der Waals surface area contributed by atoms with Crippen LogP contribution >= 0.6 is 0 Å². The summed E-state index contributed by atoms with van der Waals surface area (Å²) in [5, 5.41) is 2.14. The van der Waals surface area contributed by atoms with E-state index in [4.69, 9.17) is 5.73 Å². The molecule has 0 aromatic heterocycles. The lowest BCUT2D eigenvalue weighted by Crippen LogP contribution is -2.10. The van der Waals surface area contributed by atoms with Crippen LogP contribution in [0.15, 0.2) is 54.6 Å². The summed E-state index contributed by atoms with van der Waals surface area (Å²) in [6.07, 6.45) is 0. The molecule has 0 aliphatic carbocycles. The van der Waals surface area contributed by atoms with Crippen LogP contribution in [0.2, 0.25) is 0 Å². The maximum absolute atomic E-state index is 11.4. The monoisotopic (exact) mass is 303 g/mol. The molecule has 0 saturated carbocycles. The molecule has 2 N–H and O–H groups in total. The fourth-order valence-corrected chi connectivity index (χ4v) is 3.02. The molecule has 23 heavy (non-hydrogen) atoms. The molecule has 0 aliphatic rings. The zero-order chi connectivity index (χ0) is 16.6. The average molecular weight is 303 g/mol. The van der Waals surface area contributed by atoms with E-state index in [1.54, 1.807) is 6.07 Å². The van der Waals surface area contributed by atoms with Gasteiger partial charge in [0.05, 0.1) is 0 Å². The number of amides is 1. The molecule has 1 amide bonds. The van der Waals surface area contributed by atoms with Gasteiger partial charge in [-0.1, -0.05) is 50.2 Å². The van der Waals surface area contributed by atoms with Gasteiger partial charge >= 0.3 is 0 Å². The smallest absolute Gasteiger partial charge is 0.248 e. The lowest BCUT2D eigenvalue weighted by atomic mass is 9.92. The first-order valence-electron chi connectivity index (χ1n) is 7.90. The van der Waals surface area contributed by atoms with Crippen molar-refractivity contribution >= 4 is 16.7 Å². The number of rotatable bonds is 3. The second-order valence-corrected chi connectivity index (χ2v) is 6.37. The van der Waals surface area contributed by atoms with Gasteiger partial charge in [-0.2, -0.15) is 0 Å². The number of carbonyl (C=O) groups is 1. The van der Waals surface area contributed by atoms with Gasteiger partial charge in [0, 0.05) is 5.56 Å². The quantitative estimate of drug-likeness (QED) is 0.724. The van der Waals surface area contributed by atoms with Crippen molar-refractivity contribution in [1.29, 1.82) is 0 Å². The summed E-state index contributed by atoms with van der Waals surface area (Å²) in [5.41, 5.74) is 11.0. The summed E-state index contributed by atoms with van der Waals surface area (Å²) in [6, 6.07) is 18.5. The summed E-state index contributed by atoms with van der Waals surface area (Å²) in [7, 11) is 0. The Hall–Kier alpha value is -2.61. The normalized spacial score (nSPS) is 11.1. The van der Waals surface area contributed by atoms with E-state index in [0.29, 0.717) is 11.5 Å². The topological polar surface area (TPSA) is 43.1 Å². The Kier molecular flexibility index (Phi) is 3.91. The third-order valence-corrected chi connectivity index (χ3v) is 4.36. The molecular weight excluding hydrogens is 282 g/mol. The molecule has 2 heteroatoms. The van der Waals surface area contributed by atoms with Crippen molar-refractivity contribution in [3.05, 3.63) is 71.3 Å². The van der Waals surface area contributed by atoms with Crippen LogP contribution in [0.1, 0.15) is 41.3 Å². The van der Waals surface area contributed by atoms with Crippen molar-refractivity contribution in [3.63, 3.8) is 0 Å². The van der Waals surface area contributed by atoms with Crippen molar-refractivity contribution in [2.24, 2.45) is 5.73 Å². The number of carbonyl (C=O) groups excluding carboxylic acids is 1. The number of fused-ring (bicyclic) bond motifs is 1. The minimum absolute atomic E-state index is 0.394. The van der Waals surface area contributed by atoms with Crippen molar-refractivity contribution in [1.82, 2.24) is 0 Å². The van der Waals surface area contributed by atoms with Gasteiger partial charge < -0.3 is 5.73 Å². The van der Waals surface area contributed by atoms with E-state index < -0.39 is 5.91 Å². The van der Waals surface area contributed by atoms with Gasteiger partial charge in [0.2, 0.25) is 5.91 Å². The van der Waals surface area contributed by atoms with E-state index in [9.17, 15) is 4.79 Å². The SMILES string of the molecule is Cc1ccc(-c2ccc3ccc(C(N)=O)cc3c2)cc1C(C)C. The first-order chi connectivity index (χ1) is 11.0. The summed E-state index contributed by atoms with van der Waals surface area (Å²) in [6.45, 7) is 6.58. The van der Waals surface area contributed by atoms with Gasteiger partial charge in [-0.25, -0.2) is 0 Å². The molecule has 3 aromatic rings. The van der Waals surface area contributed by atoms with Crippen LogP contribution < -0.4 is 5.73 Å². The van der Waals surface area contributed by atoms with Crippen molar-refractivity contribution in [3.8, 4) is 11.1 Å². The van der Waals surface area contributed by atoms with E-state index in [1.807, 2.05) is 12.1 Å². The third kappa shape index (κ3) is 2.98. The molecule has 0 bridgehead atoms. The van der Waals surface area contributed by atoms with Crippen LogP contribution in [0.4, 0.5) is 0 Å². The highest BCUT2D eigenvalue weighted by atomic mass is 16.1. The Morgan fingerprint density at radius 2 is 1.52 bits per heavy atom. The van der Waals surface area contributed by atoms with E-state index >= 15 is 0 Å². The Morgan fingerprint density at radius 1 is 0.870 bits per heavy atom. The number of benzene rings is 3. The first kappa shape index (κ1) is 15.3. The summed E-state index contributed by atoms with van der Waals surface area (Å²) in [5.74, 6) is 0.103. The maximum atomic E-state index is 11.4. The summed E-state index contributed by atoms with van der Waals surface area (Å²) < 4.78 is 0. The van der Waals surface area contributed by atoms with E-state index in [2.05, 4.69) is 57.2 Å². The minimum Gasteiger partial charge on any atom is -0.366 e. The lowest BCUT2D eigenvalue weighted by molar-refractivity contribution is 0.100. The second kappa shape index (κ2) is 5.88. The molecule has 0 heterocycles. The van der Waals surface area contributed by atoms with Crippen molar-refractivity contribution < 1.29 is 4.79 Å². The standard InChI is InChI=1S/C21H21NO/c1-13(2)20-12-17(5-4-14(20)3)16-8-6-15-7-9-18(21(22)23)11-19(15)10-16/h4-13H,1-3H3,(H2,22,23). The third-order valence-electron chi connectivity index (χ3n) is 4.36. The largest absolute Gasteiger partial charge is 0.366 e. The molecule has 0 aliphatic heterocycles. The Morgan fingerprint density at radius 3 is 2.22 bits per heavy atom. The molecule has 0 spiro atoms. The van der Waals surface area contributed by atoms with Crippen LogP contribution in [-0.4, -0.2) is 5.91 Å². The highest BCUT2D eigenvalue weighted by Crippen LogP contribution is 2.29. The van der Waals surface area contributed by atoms with Crippen molar-refractivity contribution in [2.75, 3.05) is 0 Å². The van der Waals surface area contributed by atoms with E-state index in [-0.39, 0.29) is 0 Å². The van der Waals surface area contributed by atoms with Gasteiger partial charge in [-0.05, 0) is 64.1 Å². The predicted octanol–water partition coefficient (Wildman–Crippen LogP) is 5.04. The van der Waals surface area contributed by atoms with Crippen LogP contribution in [0.5, 0.6) is 0 Å².